The Balaban J connectivity index is 1.37. The summed E-state index contributed by atoms with van der Waals surface area (Å²) in [5.41, 5.74) is 3.89. The van der Waals surface area contributed by atoms with Gasteiger partial charge in [-0.1, -0.05) is 35.9 Å². The molecule has 0 radical (unpaired) electrons. The highest BCUT2D eigenvalue weighted by atomic mass is 35.5. The summed E-state index contributed by atoms with van der Waals surface area (Å²) in [6, 6.07) is 20.9. The van der Waals surface area contributed by atoms with Gasteiger partial charge in [0.2, 0.25) is 0 Å². The maximum Gasteiger partial charge on any atom is 0.416 e. The fourth-order valence-electron chi connectivity index (χ4n) is 4.57. The van der Waals surface area contributed by atoms with Gasteiger partial charge < -0.3 is 19.2 Å². The summed E-state index contributed by atoms with van der Waals surface area (Å²) in [5, 5.41) is 5.26. The summed E-state index contributed by atoms with van der Waals surface area (Å²) in [6.07, 6.45) is -3.25. The number of nitrogens with one attached hydrogen (secondary N) is 2. The molecular formula is C33H25ClF3N3O5. The van der Waals surface area contributed by atoms with E-state index in [0.29, 0.717) is 39.0 Å². The maximum atomic E-state index is 13.3. The van der Waals surface area contributed by atoms with Crippen LogP contribution in [0.25, 0.3) is 22.0 Å². The highest BCUT2D eigenvalue weighted by molar-refractivity contribution is 6.34. The van der Waals surface area contributed by atoms with E-state index in [9.17, 15) is 22.8 Å². The zero-order valence-corrected chi connectivity index (χ0v) is 24.6. The topological polar surface area (TPSA) is 102 Å². The molecule has 45 heavy (non-hydrogen) atoms. The predicted octanol–water partition coefficient (Wildman–Crippen LogP) is 7.90. The van der Waals surface area contributed by atoms with Crippen LogP contribution in [-0.4, -0.2) is 36.8 Å². The molecule has 0 aliphatic rings. The number of carbonyl (C=O) groups excluding carboxylic acids is 2. The van der Waals surface area contributed by atoms with E-state index in [4.69, 9.17) is 25.8 Å². The number of rotatable bonds is 9. The van der Waals surface area contributed by atoms with Crippen molar-refractivity contribution in [3.05, 3.63) is 112 Å². The van der Waals surface area contributed by atoms with Gasteiger partial charge in [0.25, 0.3) is 5.91 Å². The third-order valence-electron chi connectivity index (χ3n) is 6.65. The van der Waals surface area contributed by atoms with Crippen LogP contribution in [0, 0.1) is 0 Å². The van der Waals surface area contributed by atoms with E-state index in [1.165, 1.54) is 30.5 Å². The molecule has 1 amide bonds. The Labute approximate surface area is 260 Å². The zero-order chi connectivity index (χ0) is 32.1. The van der Waals surface area contributed by atoms with Gasteiger partial charge in [0.1, 0.15) is 11.4 Å². The number of H-pyrrole nitrogens is 1. The molecule has 0 spiro atoms. The van der Waals surface area contributed by atoms with Crippen LogP contribution < -0.4 is 19.6 Å². The number of fused-ring (bicyclic) bond motifs is 1. The molecule has 0 saturated heterocycles. The largest absolute Gasteiger partial charge is 0.497 e. The predicted molar refractivity (Wildman–Crippen MR) is 164 cm³/mol. The second-order valence-corrected chi connectivity index (χ2v) is 9.98. The van der Waals surface area contributed by atoms with Gasteiger partial charge in [0, 0.05) is 27.1 Å². The molecule has 8 nitrogen and oxygen atoms in total. The number of benzene rings is 4. The summed E-state index contributed by atoms with van der Waals surface area (Å²) in [4.78, 5) is 29.1. The normalized spacial score (nSPS) is 11.5. The van der Waals surface area contributed by atoms with Crippen molar-refractivity contribution in [3.8, 4) is 28.4 Å². The van der Waals surface area contributed by atoms with Gasteiger partial charge in [-0.05, 0) is 73.2 Å². The van der Waals surface area contributed by atoms with Crippen LogP contribution in [-0.2, 0) is 6.18 Å². The Morgan fingerprint density at radius 3 is 2.51 bits per heavy atom. The fraction of sp³-hybridized carbons (Fsp3) is 0.121. The summed E-state index contributed by atoms with van der Waals surface area (Å²) >= 11 is 6.50. The number of hydrogen-bond donors (Lipinski definition) is 2. The number of esters is 1. The van der Waals surface area contributed by atoms with E-state index < -0.39 is 23.6 Å². The molecule has 0 saturated carbocycles. The molecule has 0 bridgehead atoms. The first-order chi connectivity index (χ1) is 21.6. The lowest BCUT2D eigenvalue weighted by Crippen LogP contribution is -2.19. The van der Waals surface area contributed by atoms with E-state index >= 15 is 0 Å². The molecule has 12 heteroatoms. The first-order valence-electron chi connectivity index (χ1n) is 13.5. The van der Waals surface area contributed by atoms with E-state index in [-0.39, 0.29) is 29.4 Å². The van der Waals surface area contributed by atoms with Crippen molar-refractivity contribution in [2.45, 2.75) is 13.1 Å². The van der Waals surface area contributed by atoms with E-state index in [1.54, 1.807) is 50.4 Å². The summed E-state index contributed by atoms with van der Waals surface area (Å²) in [5.74, 6) is -0.764. The van der Waals surface area contributed by atoms with Crippen molar-refractivity contribution in [3.63, 3.8) is 0 Å². The number of amides is 1. The van der Waals surface area contributed by atoms with Gasteiger partial charge in [-0.15, -0.1) is 0 Å². The van der Waals surface area contributed by atoms with Gasteiger partial charge in [-0.3, -0.25) is 4.79 Å². The molecule has 5 aromatic rings. The second kappa shape index (κ2) is 13.1. The Bertz CT molecular complexity index is 1920. The number of carbonyl (C=O) groups is 2. The Hall–Kier alpha value is -5.29. The monoisotopic (exact) mass is 635 g/mol. The van der Waals surface area contributed by atoms with Crippen molar-refractivity contribution in [1.82, 2.24) is 10.4 Å². The number of aromatic amines is 1. The number of aromatic nitrogens is 1. The lowest BCUT2D eigenvalue weighted by molar-refractivity contribution is -0.137. The smallest absolute Gasteiger partial charge is 0.416 e. The van der Waals surface area contributed by atoms with Gasteiger partial charge in [0.15, 0.2) is 11.5 Å². The Morgan fingerprint density at radius 2 is 1.78 bits per heavy atom. The summed E-state index contributed by atoms with van der Waals surface area (Å²) in [7, 11) is 1.55. The van der Waals surface area contributed by atoms with Gasteiger partial charge >= 0.3 is 12.1 Å². The molecule has 1 heterocycles. The number of methoxy groups -OCH3 is 1. The average molecular weight is 636 g/mol. The van der Waals surface area contributed by atoms with E-state index in [0.717, 1.165) is 17.5 Å². The first-order valence-corrected chi connectivity index (χ1v) is 13.9. The zero-order valence-electron chi connectivity index (χ0n) is 23.9. The molecular weight excluding hydrogens is 611 g/mol. The Morgan fingerprint density at radius 1 is 0.978 bits per heavy atom. The van der Waals surface area contributed by atoms with Crippen molar-refractivity contribution in [2.24, 2.45) is 5.10 Å². The number of hydrogen-bond acceptors (Lipinski definition) is 6. The van der Waals surface area contributed by atoms with Gasteiger partial charge in [-0.25, -0.2) is 10.2 Å². The quantitative estimate of drug-likeness (QED) is 0.0742. The van der Waals surface area contributed by atoms with Gasteiger partial charge in [-0.2, -0.15) is 18.3 Å². The third kappa shape index (κ3) is 6.94. The maximum absolute atomic E-state index is 13.3. The third-order valence-corrected chi connectivity index (χ3v) is 6.98. The van der Waals surface area contributed by atoms with Gasteiger partial charge in [0.05, 0.1) is 31.1 Å². The number of ether oxygens (including phenoxy) is 3. The lowest BCUT2D eigenvalue weighted by atomic mass is 10.0. The van der Waals surface area contributed by atoms with Crippen LogP contribution in [0.2, 0.25) is 5.02 Å². The minimum Gasteiger partial charge on any atom is -0.497 e. The molecule has 5 rings (SSSR count). The van der Waals surface area contributed by atoms with Crippen LogP contribution in [0.5, 0.6) is 17.2 Å². The lowest BCUT2D eigenvalue weighted by Gasteiger charge is -2.12. The average Bonchev–Trinajstić information content (AvgIpc) is 3.41. The standard InChI is InChI=1S/C33H25ClF3N3O5/c1-3-44-28-15-19(11-14-27(28)45-32(42)20-7-6-8-21(16-20)33(35,36)37)18-38-40-31(41)30-29(23-9-4-5-10-25(23)34)24-17-22(43-2)12-13-26(24)39-30/h4-18,39H,3H2,1-2H3,(H,40,41). The van der Waals surface area contributed by atoms with Crippen molar-refractivity contribution in [1.29, 1.82) is 0 Å². The van der Waals surface area contributed by atoms with Crippen LogP contribution >= 0.6 is 11.6 Å². The summed E-state index contributed by atoms with van der Waals surface area (Å²) < 4.78 is 55.6. The summed E-state index contributed by atoms with van der Waals surface area (Å²) in [6.45, 7) is 1.92. The van der Waals surface area contributed by atoms with E-state index in [2.05, 4.69) is 15.5 Å². The van der Waals surface area contributed by atoms with E-state index in [1.807, 2.05) is 6.07 Å². The number of alkyl halides is 3. The molecule has 1 aromatic heterocycles. The molecule has 230 valence electrons. The van der Waals surface area contributed by atoms with Crippen LogP contribution in [0.3, 0.4) is 0 Å². The molecule has 4 aromatic carbocycles. The second-order valence-electron chi connectivity index (χ2n) is 9.57. The Kier molecular flexibility index (Phi) is 9.10. The van der Waals surface area contributed by atoms with Crippen LogP contribution in [0.1, 0.15) is 38.9 Å². The highest BCUT2D eigenvalue weighted by Gasteiger charge is 2.31. The minimum absolute atomic E-state index is 0.00154. The van der Waals surface area contributed by atoms with Crippen LogP contribution in [0.15, 0.2) is 90.0 Å². The van der Waals surface area contributed by atoms with Crippen molar-refractivity contribution < 1.29 is 37.0 Å². The van der Waals surface area contributed by atoms with Crippen molar-refractivity contribution >= 4 is 40.6 Å². The SMILES string of the molecule is CCOc1cc(C=NNC(=O)c2[nH]c3ccc(OC)cc3c2-c2ccccc2Cl)ccc1OC(=O)c1cccc(C(F)(F)F)c1. The van der Waals surface area contributed by atoms with Crippen LogP contribution in [0.4, 0.5) is 13.2 Å². The first kappa shape index (κ1) is 31.1. The molecule has 0 atom stereocenters. The number of hydrazone groups is 1. The molecule has 0 aliphatic carbocycles. The number of halogens is 4. The molecule has 0 aliphatic heterocycles. The molecule has 0 unspecified atom stereocenters. The molecule has 0 fully saturated rings. The number of nitrogens with zero attached hydrogens (tertiary/aromatic N) is 1. The fourth-order valence-corrected chi connectivity index (χ4v) is 4.80. The highest BCUT2D eigenvalue weighted by Crippen LogP contribution is 2.38. The minimum atomic E-state index is -4.61. The molecule has 2 N–H and O–H groups in total. The van der Waals surface area contributed by atoms with Crippen molar-refractivity contribution in [2.75, 3.05) is 13.7 Å².